The van der Waals surface area contributed by atoms with Gasteiger partial charge < -0.3 is 25.0 Å². The third kappa shape index (κ3) is 8.12. The topological polar surface area (TPSA) is 102 Å². The standard InChI is InChI=1S/C23H28F6N8O2/c1-21(2)12-36(8-7-31-21)20-33-17-15(11-39-14-23(27,28)29)35-37(9-10-38-13-22(24,25)26)18(17)19(34-20)32-16-5-3-4-6-30-16/h3-6,31H,7-14H2,1-2H3,(H,30,32,33,34). The number of ether oxygens (including phenoxy) is 2. The monoisotopic (exact) mass is 562 g/mol. The van der Waals surface area contributed by atoms with Crippen molar-refractivity contribution in [2.45, 2.75) is 44.9 Å². The zero-order valence-electron chi connectivity index (χ0n) is 21.2. The number of pyridine rings is 1. The van der Waals surface area contributed by atoms with Crippen LogP contribution in [0.5, 0.6) is 0 Å². The van der Waals surface area contributed by atoms with Gasteiger partial charge in [0.05, 0.1) is 19.8 Å². The molecule has 1 aliphatic heterocycles. The van der Waals surface area contributed by atoms with E-state index in [0.29, 0.717) is 31.4 Å². The predicted octanol–water partition coefficient (Wildman–Crippen LogP) is 3.81. The van der Waals surface area contributed by atoms with E-state index in [1.807, 2.05) is 18.7 Å². The lowest BCUT2D eigenvalue weighted by atomic mass is 10.0. The average molecular weight is 563 g/mol. The van der Waals surface area contributed by atoms with Crippen molar-refractivity contribution in [1.29, 1.82) is 0 Å². The zero-order chi connectivity index (χ0) is 28.3. The maximum Gasteiger partial charge on any atom is 0.411 e. The van der Waals surface area contributed by atoms with Crippen molar-refractivity contribution in [3.63, 3.8) is 0 Å². The van der Waals surface area contributed by atoms with E-state index in [1.54, 1.807) is 24.4 Å². The number of piperazine rings is 1. The Morgan fingerprint density at radius 3 is 2.46 bits per heavy atom. The molecule has 0 saturated carbocycles. The van der Waals surface area contributed by atoms with E-state index in [4.69, 9.17) is 9.47 Å². The predicted molar refractivity (Wildman–Crippen MR) is 130 cm³/mol. The molecule has 0 aromatic carbocycles. The van der Waals surface area contributed by atoms with Gasteiger partial charge in [-0.1, -0.05) is 6.07 Å². The van der Waals surface area contributed by atoms with Crippen LogP contribution in [-0.2, 0) is 22.6 Å². The van der Waals surface area contributed by atoms with E-state index in [2.05, 4.69) is 30.7 Å². The molecule has 10 nitrogen and oxygen atoms in total. The highest BCUT2D eigenvalue weighted by Gasteiger charge is 2.31. The van der Waals surface area contributed by atoms with Gasteiger partial charge in [0.15, 0.2) is 5.82 Å². The Kier molecular flexibility index (Phi) is 8.46. The smallest absolute Gasteiger partial charge is 0.370 e. The molecule has 1 saturated heterocycles. The number of hydrogen-bond donors (Lipinski definition) is 2. The van der Waals surface area contributed by atoms with E-state index in [-0.39, 0.29) is 41.2 Å². The summed E-state index contributed by atoms with van der Waals surface area (Å²) in [4.78, 5) is 15.5. The van der Waals surface area contributed by atoms with Crippen LogP contribution >= 0.6 is 0 Å². The molecule has 2 N–H and O–H groups in total. The van der Waals surface area contributed by atoms with Gasteiger partial charge in [-0.3, -0.25) is 4.68 Å². The Labute approximate surface area is 219 Å². The maximum atomic E-state index is 12.8. The average Bonchev–Trinajstić information content (AvgIpc) is 3.18. The van der Waals surface area contributed by atoms with Crippen molar-refractivity contribution in [1.82, 2.24) is 30.0 Å². The van der Waals surface area contributed by atoms with Crippen LogP contribution in [0.25, 0.3) is 11.0 Å². The number of halogens is 6. The quantitative estimate of drug-likeness (QED) is 0.282. The van der Waals surface area contributed by atoms with Crippen LogP contribution in [0.3, 0.4) is 0 Å². The summed E-state index contributed by atoms with van der Waals surface area (Å²) in [6, 6.07) is 5.14. The Morgan fingerprint density at radius 2 is 1.79 bits per heavy atom. The van der Waals surface area contributed by atoms with Gasteiger partial charge in [-0.25, -0.2) is 9.97 Å². The Hall–Kier alpha value is -3.24. The van der Waals surface area contributed by atoms with Gasteiger partial charge in [0, 0.05) is 31.4 Å². The lowest BCUT2D eigenvalue weighted by Gasteiger charge is -2.39. The number of aromatic nitrogens is 5. The van der Waals surface area contributed by atoms with Crippen LogP contribution in [0.15, 0.2) is 24.4 Å². The molecule has 4 rings (SSSR count). The van der Waals surface area contributed by atoms with E-state index in [1.165, 1.54) is 4.68 Å². The summed E-state index contributed by atoms with van der Waals surface area (Å²) in [5, 5.41) is 10.8. The van der Waals surface area contributed by atoms with E-state index < -0.39 is 32.2 Å². The molecule has 214 valence electrons. The first kappa shape index (κ1) is 28.8. The van der Waals surface area contributed by atoms with Crippen LogP contribution in [0, 0.1) is 0 Å². The van der Waals surface area contributed by atoms with Gasteiger partial charge in [0.25, 0.3) is 0 Å². The van der Waals surface area contributed by atoms with Crippen molar-refractivity contribution >= 4 is 28.6 Å². The molecule has 4 heterocycles. The Bertz CT molecular complexity index is 1250. The first-order chi connectivity index (χ1) is 18.3. The van der Waals surface area contributed by atoms with Crippen LogP contribution in [-0.4, -0.2) is 82.1 Å². The second-order valence-corrected chi connectivity index (χ2v) is 9.59. The summed E-state index contributed by atoms with van der Waals surface area (Å²) < 4.78 is 86.8. The van der Waals surface area contributed by atoms with Gasteiger partial charge in [-0.15, -0.1) is 0 Å². The molecular weight excluding hydrogens is 534 g/mol. The molecule has 0 bridgehead atoms. The number of rotatable bonds is 10. The fourth-order valence-electron chi connectivity index (χ4n) is 4.09. The highest BCUT2D eigenvalue weighted by Crippen LogP contribution is 2.30. The number of nitrogens with one attached hydrogen (secondary N) is 2. The molecule has 3 aromatic rings. The Morgan fingerprint density at radius 1 is 1.05 bits per heavy atom. The van der Waals surface area contributed by atoms with Gasteiger partial charge in [0.1, 0.15) is 35.8 Å². The Balaban J connectivity index is 1.75. The normalized spacial score (nSPS) is 16.2. The molecule has 0 aliphatic carbocycles. The van der Waals surface area contributed by atoms with Crippen molar-refractivity contribution in [3.05, 3.63) is 30.1 Å². The van der Waals surface area contributed by atoms with E-state index in [9.17, 15) is 26.3 Å². The molecule has 0 amide bonds. The molecule has 39 heavy (non-hydrogen) atoms. The molecule has 0 unspecified atom stereocenters. The summed E-state index contributed by atoms with van der Waals surface area (Å²) in [6.07, 6.45) is -7.51. The first-order valence-corrected chi connectivity index (χ1v) is 12.0. The third-order valence-corrected chi connectivity index (χ3v) is 5.63. The van der Waals surface area contributed by atoms with Gasteiger partial charge >= 0.3 is 12.4 Å². The largest absolute Gasteiger partial charge is 0.411 e. The van der Waals surface area contributed by atoms with Gasteiger partial charge in [0.2, 0.25) is 5.95 Å². The van der Waals surface area contributed by atoms with Crippen LogP contribution in [0.1, 0.15) is 19.5 Å². The minimum atomic E-state index is -4.55. The molecule has 1 fully saturated rings. The number of alkyl halides is 6. The van der Waals surface area contributed by atoms with E-state index >= 15 is 0 Å². The second kappa shape index (κ2) is 11.5. The van der Waals surface area contributed by atoms with Crippen molar-refractivity contribution in [3.8, 4) is 0 Å². The molecule has 1 aliphatic rings. The number of nitrogens with zero attached hydrogens (tertiary/aromatic N) is 6. The maximum absolute atomic E-state index is 12.8. The van der Waals surface area contributed by atoms with Gasteiger partial charge in [-0.2, -0.15) is 36.4 Å². The molecular formula is C23H28F6N8O2. The highest BCUT2D eigenvalue weighted by atomic mass is 19.4. The fourth-order valence-corrected chi connectivity index (χ4v) is 4.09. The number of fused-ring (bicyclic) bond motifs is 1. The van der Waals surface area contributed by atoms with Crippen LogP contribution < -0.4 is 15.5 Å². The lowest BCUT2D eigenvalue weighted by Crippen LogP contribution is -2.57. The summed E-state index contributed by atoms with van der Waals surface area (Å²) in [6.45, 7) is 1.79. The molecule has 0 spiro atoms. The fraction of sp³-hybridized carbons (Fsp3) is 0.565. The molecule has 3 aromatic heterocycles. The van der Waals surface area contributed by atoms with Gasteiger partial charge in [-0.05, 0) is 26.0 Å². The molecule has 0 atom stereocenters. The minimum absolute atomic E-state index is 0.0761. The summed E-state index contributed by atoms with van der Waals surface area (Å²) in [5.41, 5.74) is 0.282. The van der Waals surface area contributed by atoms with Crippen LogP contribution in [0.2, 0.25) is 0 Å². The van der Waals surface area contributed by atoms with Crippen molar-refractivity contribution in [2.75, 3.05) is 49.7 Å². The van der Waals surface area contributed by atoms with Crippen molar-refractivity contribution in [2.24, 2.45) is 0 Å². The lowest BCUT2D eigenvalue weighted by molar-refractivity contribution is -0.177. The third-order valence-electron chi connectivity index (χ3n) is 5.63. The number of hydrogen-bond acceptors (Lipinski definition) is 9. The summed E-state index contributed by atoms with van der Waals surface area (Å²) in [7, 11) is 0. The SMILES string of the molecule is CC1(C)CN(c2nc(Nc3ccccn3)c3c(n2)c(COCC(F)(F)F)nn3CCOCC(F)(F)F)CCN1. The summed E-state index contributed by atoms with van der Waals surface area (Å²) in [5.74, 6) is 0.955. The summed E-state index contributed by atoms with van der Waals surface area (Å²) >= 11 is 0. The highest BCUT2D eigenvalue weighted by molar-refractivity contribution is 5.90. The number of anilines is 3. The van der Waals surface area contributed by atoms with Crippen molar-refractivity contribution < 1.29 is 35.8 Å². The second-order valence-electron chi connectivity index (χ2n) is 9.59. The van der Waals surface area contributed by atoms with E-state index in [0.717, 1.165) is 0 Å². The zero-order valence-corrected chi connectivity index (χ0v) is 21.2. The first-order valence-electron chi connectivity index (χ1n) is 12.0. The minimum Gasteiger partial charge on any atom is -0.370 e. The molecule has 16 heteroatoms. The van der Waals surface area contributed by atoms with Crippen LogP contribution in [0.4, 0.5) is 43.9 Å². The molecule has 0 radical (unpaired) electrons.